The van der Waals surface area contributed by atoms with Crippen LogP contribution >= 0.6 is 0 Å². The van der Waals surface area contributed by atoms with Crippen molar-refractivity contribution < 1.29 is 14.1 Å². The quantitative estimate of drug-likeness (QED) is 0.857. The van der Waals surface area contributed by atoms with Crippen LogP contribution in [0.1, 0.15) is 52.4 Å². The van der Waals surface area contributed by atoms with Crippen LogP contribution in [-0.2, 0) is 6.54 Å². The van der Waals surface area contributed by atoms with Gasteiger partial charge >= 0.3 is 0 Å². The number of amides is 2. The van der Waals surface area contributed by atoms with Crippen molar-refractivity contribution in [2.24, 2.45) is 0 Å². The lowest BCUT2D eigenvalue weighted by Gasteiger charge is -2.11. The Balaban J connectivity index is 1.90. The molecule has 0 saturated carbocycles. The highest BCUT2D eigenvalue weighted by atomic mass is 16.5. The SMILES string of the molecule is CCC(C)NC(=O)c1ccc(CNC(=O)c2cc(C)on2)cc1. The fourth-order valence-electron chi connectivity index (χ4n) is 1.93. The molecule has 2 aromatic rings. The summed E-state index contributed by atoms with van der Waals surface area (Å²) in [7, 11) is 0. The van der Waals surface area contributed by atoms with Gasteiger partial charge < -0.3 is 15.2 Å². The lowest BCUT2D eigenvalue weighted by molar-refractivity contribution is 0.0931. The Morgan fingerprint density at radius 1 is 1.22 bits per heavy atom. The third kappa shape index (κ3) is 4.67. The van der Waals surface area contributed by atoms with Crippen LogP contribution in [-0.4, -0.2) is 23.0 Å². The van der Waals surface area contributed by atoms with Crippen LogP contribution in [0, 0.1) is 6.92 Å². The molecule has 1 atom stereocenters. The zero-order chi connectivity index (χ0) is 16.8. The molecule has 0 radical (unpaired) electrons. The predicted molar refractivity (Wildman–Crippen MR) is 86.1 cm³/mol. The maximum Gasteiger partial charge on any atom is 0.273 e. The van der Waals surface area contributed by atoms with Crippen molar-refractivity contribution >= 4 is 11.8 Å². The summed E-state index contributed by atoms with van der Waals surface area (Å²) in [4.78, 5) is 23.8. The molecule has 0 bridgehead atoms. The summed E-state index contributed by atoms with van der Waals surface area (Å²) in [6.07, 6.45) is 0.886. The van der Waals surface area contributed by atoms with Crippen LogP contribution < -0.4 is 10.6 Å². The van der Waals surface area contributed by atoms with E-state index in [0.717, 1.165) is 12.0 Å². The molecule has 1 aromatic carbocycles. The van der Waals surface area contributed by atoms with E-state index < -0.39 is 0 Å². The summed E-state index contributed by atoms with van der Waals surface area (Å²) in [6.45, 7) is 6.07. The average molecular weight is 315 g/mol. The molecule has 1 unspecified atom stereocenters. The number of hydrogen-bond donors (Lipinski definition) is 2. The Hall–Kier alpha value is -2.63. The van der Waals surface area contributed by atoms with E-state index in [2.05, 4.69) is 15.8 Å². The summed E-state index contributed by atoms with van der Waals surface area (Å²) in [6, 6.07) is 8.86. The van der Waals surface area contributed by atoms with E-state index in [9.17, 15) is 9.59 Å². The van der Waals surface area contributed by atoms with Gasteiger partial charge in [-0.15, -0.1) is 0 Å². The smallest absolute Gasteiger partial charge is 0.273 e. The Labute approximate surface area is 135 Å². The van der Waals surface area contributed by atoms with Crippen molar-refractivity contribution in [2.45, 2.75) is 39.8 Å². The molecule has 6 nitrogen and oxygen atoms in total. The van der Waals surface area contributed by atoms with Crippen LogP contribution in [0.15, 0.2) is 34.9 Å². The zero-order valence-corrected chi connectivity index (χ0v) is 13.6. The molecular weight excluding hydrogens is 294 g/mol. The monoisotopic (exact) mass is 315 g/mol. The van der Waals surface area contributed by atoms with Gasteiger partial charge in [-0.3, -0.25) is 9.59 Å². The van der Waals surface area contributed by atoms with Gasteiger partial charge in [0, 0.05) is 24.2 Å². The van der Waals surface area contributed by atoms with E-state index in [-0.39, 0.29) is 23.6 Å². The van der Waals surface area contributed by atoms with Gasteiger partial charge in [-0.2, -0.15) is 0 Å². The number of benzene rings is 1. The molecule has 1 aromatic heterocycles. The third-order valence-electron chi connectivity index (χ3n) is 3.52. The molecule has 2 N–H and O–H groups in total. The van der Waals surface area contributed by atoms with E-state index in [4.69, 9.17) is 4.52 Å². The highest BCUT2D eigenvalue weighted by Gasteiger charge is 2.11. The maximum atomic E-state index is 12.0. The number of nitrogens with one attached hydrogen (secondary N) is 2. The first-order valence-corrected chi connectivity index (χ1v) is 7.61. The standard InChI is InChI=1S/C17H21N3O3/c1-4-11(2)19-16(21)14-7-5-13(6-8-14)10-18-17(22)15-9-12(3)23-20-15/h5-9,11H,4,10H2,1-3H3,(H,18,22)(H,19,21). The van der Waals surface area contributed by atoms with Crippen molar-refractivity contribution in [1.29, 1.82) is 0 Å². The Morgan fingerprint density at radius 3 is 2.48 bits per heavy atom. The Bertz CT molecular complexity index is 677. The number of aryl methyl sites for hydroxylation is 1. The fraction of sp³-hybridized carbons (Fsp3) is 0.353. The molecule has 0 aliphatic rings. The minimum Gasteiger partial charge on any atom is -0.361 e. The first kappa shape index (κ1) is 16.7. The summed E-state index contributed by atoms with van der Waals surface area (Å²) in [5, 5.41) is 9.33. The minimum atomic E-state index is -0.291. The molecule has 2 amide bonds. The highest BCUT2D eigenvalue weighted by Crippen LogP contribution is 2.06. The molecular formula is C17H21N3O3. The zero-order valence-electron chi connectivity index (χ0n) is 13.6. The number of hydrogen-bond acceptors (Lipinski definition) is 4. The van der Waals surface area contributed by atoms with Gasteiger partial charge in [0.2, 0.25) is 0 Å². The largest absolute Gasteiger partial charge is 0.361 e. The number of aromatic nitrogens is 1. The fourth-order valence-corrected chi connectivity index (χ4v) is 1.93. The van der Waals surface area contributed by atoms with Crippen LogP contribution in [0.4, 0.5) is 0 Å². The van der Waals surface area contributed by atoms with E-state index >= 15 is 0 Å². The van der Waals surface area contributed by atoms with Crippen LogP contribution in [0.3, 0.4) is 0 Å². The first-order chi connectivity index (χ1) is 11.0. The van der Waals surface area contributed by atoms with Crippen molar-refractivity contribution in [3.63, 3.8) is 0 Å². The van der Waals surface area contributed by atoms with Gasteiger partial charge in [-0.1, -0.05) is 24.2 Å². The molecule has 0 fully saturated rings. The van der Waals surface area contributed by atoms with Gasteiger partial charge in [-0.25, -0.2) is 0 Å². The van der Waals surface area contributed by atoms with Gasteiger partial charge in [0.05, 0.1) is 0 Å². The summed E-state index contributed by atoms with van der Waals surface area (Å²) >= 11 is 0. The van der Waals surface area contributed by atoms with E-state index in [1.807, 2.05) is 26.0 Å². The van der Waals surface area contributed by atoms with E-state index in [1.54, 1.807) is 25.1 Å². The molecule has 0 aliphatic carbocycles. The average Bonchev–Trinajstić information content (AvgIpc) is 2.99. The van der Waals surface area contributed by atoms with Crippen molar-refractivity contribution in [3.05, 3.63) is 52.9 Å². The highest BCUT2D eigenvalue weighted by molar-refractivity contribution is 5.94. The van der Waals surface area contributed by atoms with Gasteiger partial charge in [0.15, 0.2) is 5.69 Å². The second kappa shape index (κ2) is 7.58. The lowest BCUT2D eigenvalue weighted by Crippen LogP contribution is -2.31. The molecule has 122 valence electrons. The van der Waals surface area contributed by atoms with Gasteiger partial charge in [-0.05, 0) is 38.0 Å². The van der Waals surface area contributed by atoms with Crippen molar-refractivity contribution in [3.8, 4) is 0 Å². The molecule has 6 heteroatoms. The van der Waals surface area contributed by atoms with E-state index in [0.29, 0.717) is 17.9 Å². The molecule has 1 heterocycles. The number of carbonyl (C=O) groups is 2. The topological polar surface area (TPSA) is 84.2 Å². The Morgan fingerprint density at radius 2 is 1.91 bits per heavy atom. The van der Waals surface area contributed by atoms with Crippen molar-refractivity contribution in [2.75, 3.05) is 0 Å². The molecule has 23 heavy (non-hydrogen) atoms. The molecule has 0 aliphatic heterocycles. The van der Waals surface area contributed by atoms with Crippen molar-refractivity contribution in [1.82, 2.24) is 15.8 Å². The molecule has 0 spiro atoms. The Kier molecular flexibility index (Phi) is 5.51. The van der Waals surface area contributed by atoms with Crippen LogP contribution in [0.25, 0.3) is 0 Å². The number of carbonyl (C=O) groups excluding carboxylic acids is 2. The van der Waals surface area contributed by atoms with Crippen LogP contribution in [0.5, 0.6) is 0 Å². The maximum absolute atomic E-state index is 12.0. The third-order valence-corrected chi connectivity index (χ3v) is 3.52. The molecule has 2 rings (SSSR count). The summed E-state index contributed by atoms with van der Waals surface area (Å²) < 4.78 is 4.87. The van der Waals surface area contributed by atoms with Gasteiger partial charge in [0.25, 0.3) is 11.8 Å². The summed E-state index contributed by atoms with van der Waals surface area (Å²) in [5.41, 5.74) is 1.76. The molecule has 0 saturated heterocycles. The normalized spacial score (nSPS) is 11.8. The van der Waals surface area contributed by atoms with Gasteiger partial charge in [0.1, 0.15) is 5.76 Å². The number of rotatable bonds is 6. The minimum absolute atomic E-state index is 0.0898. The predicted octanol–water partition coefficient (Wildman–Crippen LogP) is 2.44. The summed E-state index contributed by atoms with van der Waals surface area (Å²) in [5.74, 6) is 0.209. The second-order valence-corrected chi connectivity index (χ2v) is 5.49. The van der Waals surface area contributed by atoms with Crippen LogP contribution in [0.2, 0.25) is 0 Å². The second-order valence-electron chi connectivity index (χ2n) is 5.49. The number of nitrogens with zero attached hydrogens (tertiary/aromatic N) is 1. The van der Waals surface area contributed by atoms with E-state index in [1.165, 1.54) is 0 Å². The first-order valence-electron chi connectivity index (χ1n) is 7.61. The lowest BCUT2D eigenvalue weighted by atomic mass is 10.1.